The maximum absolute atomic E-state index is 13.4. The number of benzene rings is 1. The zero-order valence-corrected chi connectivity index (χ0v) is 14.0. The zero-order chi connectivity index (χ0) is 15.6. The number of anilines is 1. The van der Waals surface area contributed by atoms with Gasteiger partial charge in [-0.1, -0.05) is 18.0 Å². The second-order valence-corrected chi connectivity index (χ2v) is 7.04. The number of hydrogen-bond donors (Lipinski definition) is 1. The van der Waals surface area contributed by atoms with Gasteiger partial charge in [-0.05, 0) is 50.9 Å². The van der Waals surface area contributed by atoms with Crippen LogP contribution in [0, 0.1) is 5.82 Å². The maximum atomic E-state index is 13.4. The highest BCUT2D eigenvalue weighted by molar-refractivity contribution is 6.31. The number of nitrogens with zero attached hydrogens (tertiary/aromatic N) is 2. The average molecular weight is 326 g/mol. The molecule has 1 saturated carbocycles. The van der Waals surface area contributed by atoms with Crippen molar-refractivity contribution in [3.8, 4) is 0 Å². The average Bonchev–Trinajstić information content (AvgIpc) is 2.52. The Morgan fingerprint density at radius 3 is 2.41 bits per heavy atom. The third-order valence-corrected chi connectivity index (χ3v) is 5.38. The Hall–Kier alpha value is -0.840. The molecule has 1 aromatic carbocycles. The summed E-state index contributed by atoms with van der Waals surface area (Å²) >= 11 is 5.95. The van der Waals surface area contributed by atoms with E-state index in [9.17, 15) is 4.39 Å². The van der Waals surface area contributed by atoms with Crippen LogP contribution in [0.15, 0.2) is 18.2 Å². The second kappa shape index (κ2) is 6.73. The Balaban J connectivity index is 1.80. The molecule has 0 amide bonds. The monoisotopic (exact) mass is 325 g/mol. The van der Waals surface area contributed by atoms with E-state index in [0.717, 1.165) is 44.7 Å². The fourth-order valence-electron chi connectivity index (χ4n) is 3.73. The SMILES string of the molecule is CN1CCN(C2(Nc3ccc(F)c(Cl)c3)CCCCC2)CC1. The summed E-state index contributed by atoms with van der Waals surface area (Å²) in [6.45, 7) is 4.37. The van der Waals surface area contributed by atoms with E-state index in [1.54, 1.807) is 12.1 Å². The summed E-state index contributed by atoms with van der Waals surface area (Å²) in [6.07, 6.45) is 6.08. The number of nitrogens with one attached hydrogen (secondary N) is 1. The van der Waals surface area contributed by atoms with Gasteiger partial charge in [0.05, 0.1) is 10.7 Å². The molecule has 122 valence electrons. The predicted molar refractivity (Wildman–Crippen MR) is 89.9 cm³/mol. The molecule has 22 heavy (non-hydrogen) atoms. The van der Waals surface area contributed by atoms with Gasteiger partial charge >= 0.3 is 0 Å². The summed E-state index contributed by atoms with van der Waals surface area (Å²) in [4.78, 5) is 4.96. The maximum Gasteiger partial charge on any atom is 0.141 e. The molecule has 1 N–H and O–H groups in total. The van der Waals surface area contributed by atoms with E-state index in [2.05, 4.69) is 22.2 Å². The van der Waals surface area contributed by atoms with E-state index in [4.69, 9.17) is 11.6 Å². The van der Waals surface area contributed by atoms with E-state index in [1.165, 1.54) is 25.3 Å². The van der Waals surface area contributed by atoms with Crippen molar-refractivity contribution < 1.29 is 4.39 Å². The standard InChI is InChI=1S/C17H25ClFN3/c1-21-9-11-22(12-10-21)17(7-3-2-4-8-17)20-14-5-6-16(19)15(18)13-14/h5-6,13,20H,2-4,7-12H2,1H3. The first kappa shape index (κ1) is 16.0. The first-order chi connectivity index (χ1) is 10.6. The van der Waals surface area contributed by atoms with Crippen molar-refractivity contribution in [3.05, 3.63) is 29.0 Å². The normalized spacial score (nSPS) is 23.4. The fourth-order valence-corrected chi connectivity index (χ4v) is 3.91. The van der Waals surface area contributed by atoms with Gasteiger partial charge in [0.2, 0.25) is 0 Å². The quantitative estimate of drug-likeness (QED) is 0.912. The lowest BCUT2D eigenvalue weighted by Crippen LogP contribution is -2.61. The Kier molecular flexibility index (Phi) is 4.91. The summed E-state index contributed by atoms with van der Waals surface area (Å²) in [5.41, 5.74) is 0.924. The van der Waals surface area contributed by atoms with Crippen molar-refractivity contribution in [3.63, 3.8) is 0 Å². The van der Waals surface area contributed by atoms with Crippen molar-refractivity contribution >= 4 is 17.3 Å². The van der Waals surface area contributed by atoms with Crippen molar-refractivity contribution in [1.29, 1.82) is 0 Å². The molecule has 5 heteroatoms. The van der Waals surface area contributed by atoms with Crippen LogP contribution in [0.1, 0.15) is 32.1 Å². The summed E-state index contributed by atoms with van der Waals surface area (Å²) < 4.78 is 13.4. The minimum atomic E-state index is -0.357. The Labute approximate surface area is 137 Å². The highest BCUT2D eigenvalue weighted by atomic mass is 35.5. The fraction of sp³-hybridized carbons (Fsp3) is 0.647. The molecule has 1 saturated heterocycles. The Morgan fingerprint density at radius 1 is 1.09 bits per heavy atom. The van der Waals surface area contributed by atoms with Crippen LogP contribution < -0.4 is 5.32 Å². The summed E-state index contributed by atoms with van der Waals surface area (Å²) in [5.74, 6) is -0.357. The predicted octanol–water partition coefficient (Wildman–Crippen LogP) is 3.80. The molecule has 0 radical (unpaired) electrons. The first-order valence-corrected chi connectivity index (χ1v) is 8.64. The number of halogens is 2. The summed E-state index contributed by atoms with van der Waals surface area (Å²) in [5, 5.41) is 3.89. The van der Waals surface area contributed by atoms with E-state index < -0.39 is 0 Å². The molecule has 3 nitrogen and oxygen atoms in total. The molecule has 2 fully saturated rings. The van der Waals surface area contributed by atoms with Crippen molar-refractivity contribution in [2.75, 3.05) is 38.5 Å². The highest BCUT2D eigenvalue weighted by Gasteiger charge is 2.38. The van der Waals surface area contributed by atoms with Crippen molar-refractivity contribution in [1.82, 2.24) is 9.80 Å². The van der Waals surface area contributed by atoms with Crippen LogP contribution in [-0.4, -0.2) is 48.7 Å². The van der Waals surface area contributed by atoms with Crippen LogP contribution in [0.25, 0.3) is 0 Å². The van der Waals surface area contributed by atoms with Gasteiger partial charge in [-0.2, -0.15) is 0 Å². The lowest BCUT2D eigenvalue weighted by atomic mass is 9.86. The third kappa shape index (κ3) is 3.39. The van der Waals surface area contributed by atoms with Gasteiger partial charge < -0.3 is 10.2 Å². The lowest BCUT2D eigenvalue weighted by Gasteiger charge is -2.50. The largest absolute Gasteiger partial charge is 0.367 e. The Morgan fingerprint density at radius 2 is 1.77 bits per heavy atom. The van der Waals surface area contributed by atoms with Crippen LogP contribution in [0.4, 0.5) is 10.1 Å². The van der Waals surface area contributed by atoms with Crippen LogP contribution in [0.3, 0.4) is 0 Å². The molecule has 0 spiro atoms. The molecule has 0 aromatic heterocycles. The van der Waals surface area contributed by atoms with Crippen molar-refractivity contribution in [2.24, 2.45) is 0 Å². The molecule has 1 heterocycles. The molecule has 1 aromatic rings. The molecule has 1 aliphatic heterocycles. The number of likely N-dealkylation sites (N-methyl/N-ethyl adjacent to an activating group) is 1. The van der Waals surface area contributed by atoms with Crippen molar-refractivity contribution in [2.45, 2.75) is 37.8 Å². The van der Waals surface area contributed by atoms with Crippen LogP contribution in [0.5, 0.6) is 0 Å². The van der Waals surface area contributed by atoms with E-state index in [-0.39, 0.29) is 16.5 Å². The minimum Gasteiger partial charge on any atom is -0.367 e. The van der Waals surface area contributed by atoms with Gasteiger partial charge in [0.1, 0.15) is 5.82 Å². The summed E-state index contributed by atoms with van der Waals surface area (Å²) in [7, 11) is 2.18. The highest BCUT2D eigenvalue weighted by Crippen LogP contribution is 2.36. The number of hydrogen-bond acceptors (Lipinski definition) is 3. The number of rotatable bonds is 3. The molecular weight excluding hydrogens is 301 g/mol. The van der Waals surface area contributed by atoms with E-state index in [0.29, 0.717) is 0 Å². The van der Waals surface area contributed by atoms with Gasteiger partial charge in [-0.25, -0.2) is 4.39 Å². The molecule has 0 atom stereocenters. The molecular formula is C17H25ClFN3. The minimum absolute atomic E-state index is 0.000663. The Bertz CT molecular complexity index is 509. The second-order valence-electron chi connectivity index (χ2n) is 6.64. The van der Waals surface area contributed by atoms with Gasteiger partial charge in [0, 0.05) is 31.9 Å². The van der Waals surface area contributed by atoms with Crippen LogP contribution in [-0.2, 0) is 0 Å². The molecule has 3 rings (SSSR count). The molecule has 0 unspecified atom stereocenters. The van der Waals surface area contributed by atoms with Gasteiger partial charge in [-0.3, -0.25) is 4.90 Å². The smallest absolute Gasteiger partial charge is 0.141 e. The summed E-state index contributed by atoms with van der Waals surface area (Å²) in [6, 6.07) is 4.96. The van der Waals surface area contributed by atoms with E-state index >= 15 is 0 Å². The molecule has 1 aliphatic carbocycles. The number of piperazine rings is 1. The zero-order valence-electron chi connectivity index (χ0n) is 13.2. The lowest BCUT2D eigenvalue weighted by molar-refractivity contribution is 0.0323. The van der Waals surface area contributed by atoms with E-state index in [1.807, 2.05) is 0 Å². The van der Waals surface area contributed by atoms with Gasteiger partial charge in [0.15, 0.2) is 0 Å². The van der Waals surface area contributed by atoms with Crippen LogP contribution >= 0.6 is 11.6 Å². The topological polar surface area (TPSA) is 18.5 Å². The molecule has 0 bridgehead atoms. The van der Waals surface area contributed by atoms with Gasteiger partial charge in [0.25, 0.3) is 0 Å². The first-order valence-electron chi connectivity index (χ1n) is 8.26. The van der Waals surface area contributed by atoms with Crippen LogP contribution in [0.2, 0.25) is 5.02 Å². The third-order valence-electron chi connectivity index (χ3n) is 5.09. The van der Waals surface area contributed by atoms with Gasteiger partial charge in [-0.15, -0.1) is 0 Å². The molecule has 2 aliphatic rings.